The summed E-state index contributed by atoms with van der Waals surface area (Å²) >= 11 is 0. The van der Waals surface area contributed by atoms with Crippen molar-refractivity contribution < 1.29 is 14.3 Å². The van der Waals surface area contributed by atoms with Gasteiger partial charge in [0.1, 0.15) is 0 Å². The first kappa shape index (κ1) is 45.3. The van der Waals surface area contributed by atoms with Crippen LogP contribution in [0.15, 0.2) is 122 Å². The summed E-state index contributed by atoms with van der Waals surface area (Å²) in [5.74, 6) is 0.105. The number of hydrogen-bond acceptors (Lipinski definition) is 3. The monoisotopic (exact) mass is 673 g/mol. The Morgan fingerprint density at radius 1 is 0.408 bits per heavy atom. The molecule has 0 bridgehead atoms. The average molecular weight is 673 g/mol. The predicted octanol–water partition coefficient (Wildman–Crippen LogP) is 11.1. The maximum Gasteiger partial charge on any atom is 0.220 e. The number of unbranched alkanes of at least 4 members (excludes halogenated alkanes) is 2. The number of carbonyl (C=O) groups is 2. The molecule has 0 aromatic carbocycles. The van der Waals surface area contributed by atoms with Crippen LogP contribution in [-0.2, 0) is 14.3 Å². The maximum atomic E-state index is 12.0. The molecule has 49 heavy (non-hydrogen) atoms. The third kappa shape index (κ3) is 40.4. The van der Waals surface area contributed by atoms with Gasteiger partial charge in [0.15, 0.2) is 0 Å². The molecule has 0 heterocycles. The zero-order chi connectivity index (χ0) is 35.6. The van der Waals surface area contributed by atoms with Gasteiger partial charge in [-0.1, -0.05) is 135 Å². The Morgan fingerprint density at radius 2 is 0.673 bits per heavy atom. The van der Waals surface area contributed by atoms with E-state index in [1.165, 1.54) is 0 Å². The van der Waals surface area contributed by atoms with Crippen molar-refractivity contribution in [3.63, 3.8) is 0 Å². The highest BCUT2D eigenvalue weighted by Gasteiger charge is 2.01. The largest absolute Gasteiger partial charge is 0.378 e. The van der Waals surface area contributed by atoms with Gasteiger partial charge in [0.05, 0.1) is 13.2 Å². The fourth-order valence-electron chi connectivity index (χ4n) is 4.30. The second-order valence-corrected chi connectivity index (χ2v) is 11.5. The van der Waals surface area contributed by atoms with Gasteiger partial charge < -0.3 is 15.4 Å². The molecule has 0 rings (SSSR count). The number of ether oxygens (including phenoxy) is 1. The topological polar surface area (TPSA) is 67.4 Å². The van der Waals surface area contributed by atoms with Gasteiger partial charge in [-0.3, -0.25) is 9.59 Å². The summed E-state index contributed by atoms with van der Waals surface area (Å²) in [6.07, 6.45) is 58.3. The van der Waals surface area contributed by atoms with Crippen molar-refractivity contribution in [2.24, 2.45) is 0 Å². The molecule has 0 aliphatic heterocycles. The van der Waals surface area contributed by atoms with Crippen LogP contribution in [0.5, 0.6) is 0 Å². The van der Waals surface area contributed by atoms with E-state index in [9.17, 15) is 9.59 Å². The number of carbonyl (C=O) groups excluding carboxylic acids is 2. The molecule has 0 radical (unpaired) electrons. The molecule has 272 valence electrons. The van der Waals surface area contributed by atoms with Gasteiger partial charge in [0, 0.05) is 25.9 Å². The van der Waals surface area contributed by atoms with Crippen LogP contribution in [0.1, 0.15) is 117 Å². The van der Waals surface area contributed by atoms with Crippen molar-refractivity contribution in [3.8, 4) is 0 Å². The molecule has 5 nitrogen and oxygen atoms in total. The van der Waals surface area contributed by atoms with Crippen LogP contribution in [-0.4, -0.2) is 38.1 Å². The van der Waals surface area contributed by atoms with E-state index in [0.717, 1.165) is 89.9 Å². The lowest BCUT2D eigenvalue weighted by Crippen LogP contribution is -2.30. The second kappa shape index (κ2) is 40.5. The molecular formula is C44H68N2O3. The van der Waals surface area contributed by atoms with E-state index in [1.54, 1.807) is 0 Å². The van der Waals surface area contributed by atoms with E-state index in [2.05, 4.69) is 146 Å². The van der Waals surface area contributed by atoms with Gasteiger partial charge >= 0.3 is 0 Å². The van der Waals surface area contributed by atoms with E-state index in [4.69, 9.17) is 4.74 Å². The van der Waals surface area contributed by atoms with E-state index >= 15 is 0 Å². The summed E-state index contributed by atoms with van der Waals surface area (Å²) in [5.41, 5.74) is 0. The number of nitrogens with one attached hydrogen (secondary N) is 2. The summed E-state index contributed by atoms with van der Waals surface area (Å²) < 4.78 is 5.53. The Labute approximate surface area is 300 Å². The lowest BCUT2D eigenvalue weighted by molar-refractivity contribution is -0.121. The Bertz CT molecular complexity index is 986. The Kier molecular flexibility index (Phi) is 37.4. The minimum Gasteiger partial charge on any atom is -0.378 e. The van der Waals surface area contributed by atoms with Gasteiger partial charge in [-0.2, -0.15) is 0 Å². The highest BCUT2D eigenvalue weighted by molar-refractivity contribution is 5.76. The quantitative estimate of drug-likeness (QED) is 0.0552. The van der Waals surface area contributed by atoms with Crippen LogP contribution >= 0.6 is 0 Å². The number of amides is 2. The van der Waals surface area contributed by atoms with Gasteiger partial charge in [0.2, 0.25) is 11.8 Å². The molecule has 2 N–H and O–H groups in total. The zero-order valence-corrected chi connectivity index (χ0v) is 30.9. The highest BCUT2D eigenvalue weighted by Crippen LogP contribution is 2.01. The van der Waals surface area contributed by atoms with Gasteiger partial charge in [-0.25, -0.2) is 0 Å². The van der Waals surface area contributed by atoms with Crippen molar-refractivity contribution in [1.29, 1.82) is 0 Å². The molecule has 5 heteroatoms. The van der Waals surface area contributed by atoms with Crippen LogP contribution in [0.2, 0.25) is 0 Å². The normalized spacial score (nSPS) is 12.9. The molecule has 0 aliphatic rings. The van der Waals surface area contributed by atoms with Crippen molar-refractivity contribution in [1.82, 2.24) is 10.6 Å². The van der Waals surface area contributed by atoms with E-state index < -0.39 is 0 Å². The van der Waals surface area contributed by atoms with E-state index in [0.29, 0.717) is 39.1 Å². The Balaban J connectivity index is 3.54. The molecule has 0 unspecified atom stereocenters. The minimum atomic E-state index is 0.0526. The predicted molar refractivity (Wildman–Crippen MR) is 213 cm³/mol. The molecule has 0 fully saturated rings. The fourth-order valence-corrected chi connectivity index (χ4v) is 4.30. The third-order valence-electron chi connectivity index (χ3n) is 7.00. The summed E-state index contributed by atoms with van der Waals surface area (Å²) in [5, 5.41) is 5.79. The van der Waals surface area contributed by atoms with Crippen LogP contribution in [0, 0.1) is 0 Å². The molecule has 0 saturated carbocycles. The first-order valence-corrected chi connectivity index (χ1v) is 18.8. The molecule has 0 aromatic rings. The standard InChI is InChI=1S/C44H68N2O3/c1-3-5-7-9-11-13-15-17-19-21-23-25-27-29-31-33-35-37-43(47)45-39-41-49-42-40-46-44(48)38-36-34-32-30-28-26-24-22-20-18-16-14-12-10-8-6-4-2/h5-8,11-14,17-20,23-26,29-32H,3-4,9-10,15-16,21-22,27-28,33-42H2,1-2H3,(H,45,47)(H,46,48)/b7-5-,8-6-,13-11-,14-12-,19-17-,20-18-,25-23-,26-24-,31-29-,32-30-. The average Bonchev–Trinajstić information content (AvgIpc) is 3.10. The highest BCUT2D eigenvalue weighted by atomic mass is 16.5. The van der Waals surface area contributed by atoms with E-state index in [-0.39, 0.29) is 11.8 Å². The van der Waals surface area contributed by atoms with Gasteiger partial charge in [0.25, 0.3) is 0 Å². The van der Waals surface area contributed by atoms with Crippen LogP contribution in [0.4, 0.5) is 0 Å². The summed E-state index contributed by atoms with van der Waals surface area (Å²) in [4.78, 5) is 24.0. The Hall–Kier alpha value is -3.70. The maximum absolute atomic E-state index is 12.0. The number of rotatable bonds is 32. The van der Waals surface area contributed by atoms with Crippen molar-refractivity contribution >= 4 is 11.8 Å². The first-order chi connectivity index (χ1) is 24.2. The SMILES string of the molecule is CC/C=C\C/C=C\C/C=C\C/C=C\C/C=C\CCCC(=O)NCCOCCNC(=O)CCC/C=C\C/C=C\C/C=C\C/C=C\C/C=C\CC. The molecule has 2 amide bonds. The van der Waals surface area contributed by atoms with Gasteiger partial charge in [-0.05, 0) is 89.9 Å². The number of hydrogen-bond donors (Lipinski definition) is 2. The first-order valence-electron chi connectivity index (χ1n) is 18.8. The van der Waals surface area contributed by atoms with Crippen molar-refractivity contribution in [2.75, 3.05) is 26.3 Å². The molecule has 0 saturated heterocycles. The molecule has 0 aliphatic carbocycles. The van der Waals surface area contributed by atoms with Crippen LogP contribution < -0.4 is 10.6 Å². The summed E-state index contributed by atoms with van der Waals surface area (Å²) in [6.45, 7) is 6.17. The minimum absolute atomic E-state index is 0.0526. The molecule has 0 atom stereocenters. The van der Waals surface area contributed by atoms with Crippen molar-refractivity contribution in [3.05, 3.63) is 122 Å². The van der Waals surface area contributed by atoms with Crippen molar-refractivity contribution in [2.45, 2.75) is 117 Å². The van der Waals surface area contributed by atoms with E-state index in [1.807, 2.05) is 0 Å². The summed E-state index contributed by atoms with van der Waals surface area (Å²) in [6, 6.07) is 0. The lowest BCUT2D eigenvalue weighted by Gasteiger charge is -2.07. The fraction of sp³-hybridized carbons (Fsp3) is 0.500. The molecular weight excluding hydrogens is 604 g/mol. The van der Waals surface area contributed by atoms with Crippen LogP contribution in [0.3, 0.4) is 0 Å². The second-order valence-electron chi connectivity index (χ2n) is 11.5. The zero-order valence-electron chi connectivity index (χ0n) is 30.9. The Morgan fingerprint density at radius 3 is 0.959 bits per heavy atom. The lowest BCUT2D eigenvalue weighted by atomic mass is 10.2. The third-order valence-corrected chi connectivity index (χ3v) is 7.00. The van der Waals surface area contributed by atoms with Gasteiger partial charge in [-0.15, -0.1) is 0 Å². The molecule has 0 aromatic heterocycles. The number of allylic oxidation sites excluding steroid dienone is 20. The van der Waals surface area contributed by atoms with Crippen LogP contribution in [0.25, 0.3) is 0 Å². The molecule has 0 spiro atoms. The smallest absolute Gasteiger partial charge is 0.220 e. The summed E-state index contributed by atoms with van der Waals surface area (Å²) in [7, 11) is 0.